The van der Waals surface area contributed by atoms with Gasteiger partial charge in [-0.2, -0.15) is 0 Å². The number of hydrogen-bond acceptors (Lipinski definition) is 6. The normalized spacial score (nSPS) is 14.3. The summed E-state index contributed by atoms with van der Waals surface area (Å²) < 4.78 is 25.3. The van der Waals surface area contributed by atoms with Crippen LogP contribution in [0.25, 0.3) is 10.9 Å². The van der Waals surface area contributed by atoms with Crippen molar-refractivity contribution in [3.05, 3.63) is 53.6 Å². The van der Waals surface area contributed by atoms with E-state index in [1.165, 1.54) is 12.4 Å². The van der Waals surface area contributed by atoms with Gasteiger partial charge in [-0.15, -0.1) is 12.4 Å². The maximum atomic E-state index is 14.1. The van der Waals surface area contributed by atoms with Gasteiger partial charge in [0.1, 0.15) is 23.7 Å². The Morgan fingerprint density at radius 2 is 1.97 bits per heavy atom. The predicted molar refractivity (Wildman–Crippen MR) is 119 cm³/mol. The summed E-state index contributed by atoms with van der Waals surface area (Å²) in [5.41, 5.74) is 1.03. The number of nitrogens with zero attached hydrogens (tertiary/aromatic N) is 3. The molecule has 1 aliphatic rings. The number of fused-ring (bicyclic) bond motifs is 1. The maximum Gasteiger partial charge on any atom is 0.148 e. The van der Waals surface area contributed by atoms with Gasteiger partial charge in [-0.05, 0) is 36.8 Å². The van der Waals surface area contributed by atoms with E-state index in [1.807, 2.05) is 18.2 Å². The molecule has 2 heterocycles. The first-order chi connectivity index (χ1) is 14.2. The summed E-state index contributed by atoms with van der Waals surface area (Å²) in [6, 6.07) is 10.1. The van der Waals surface area contributed by atoms with Gasteiger partial charge in [0, 0.05) is 36.1 Å². The molecule has 1 aliphatic heterocycles. The van der Waals surface area contributed by atoms with Gasteiger partial charge >= 0.3 is 0 Å². The van der Waals surface area contributed by atoms with E-state index in [9.17, 15) is 4.39 Å². The molecule has 2 aromatic carbocycles. The van der Waals surface area contributed by atoms with Gasteiger partial charge in [-0.3, -0.25) is 4.90 Å². The number of halogens is 3. The Kier molecular flexibility index (Phi) is 8.04. The number of hydrogen-bond donors (Lipinski definition) is 1. The van der Waals surface area contributed by atoms with Crippen LogP contribution in [-0.2, 0) is 4.74 Å². The fraction of sp³-hybridized carbons (Fsp3) is 0.333. The molecule has 4 rings (SSSR count). The zero-order valence-electron chi connectivity index (χ0n) is 16.3. The van der Waals surface area contributed by atoms with Gasteiger partial charge in [0.15, 0.2) is 0 Å². The van der Waals surface area contributed by atoms with Crippen LogP contribution in [0, 0.1) is 5.82 Å². The van der Waals surface area contributed by atoms with Crippen molar-refractivity contribution >= 4 is 46.4 Å². The van der Waals surface area contributed by atoms with E-state index in [-0.39, 0.29) is 12.4 Å². The summed E-state index contributed by atoms with van der Waals surface area (Å²) >= 11 is 5.81. The van der Waals surface area contributed by atoms with Gasteiger partial charge in [0.25, 0.3) is 0 Å². The van der Waals surface area contributed by atoms with Crippen LogP contribution in [0.15, 0.2) is 42.7 Å². The minimum Gasteiger partial charge on any atom is -0.493 e. The first-order valence-corrected chi connectivity index (χ1v) is 9.96. The molecule has 6 nitrogen and oxygen atoms in total. The highest BCUT2D eigenvalue weighted by Gasteiger charge is 2.11. The fourth-order valence-corrected chi connectivity index (χ4v) is 3.41. The predicted octanol–water partition coefficient (Wildman–Crippen LogP) is 4.69. The van der Waals surface area contributed by atoms with E-state index < -0.39 is 5.82 Å². The summed E-state index contributed by atoms with van der Waals surface area (Å²) in [5.74, 6) is 0.835. The minimum atomic E-state index is -0.440. The van der Waals surface area contributed by atoms with Crippen molar-refractivity contribution in [3.8, 4) is 5.75 Å². The first-order valence-electron chi connectivity index (χ1n) is 9.59. The molecule has 1 fully saturated rings. The third-order valence-corrected chi connectivity index (χ3v) is 5.02. The molecule has 0 aliphatic carbocycles. The fourth-order valence-electron chi connectivity index (χ4n) is 3.25. The number of morpholine rings is 1. The smallest absolute Gasteiger partial charge is 0.148 e. The molecule has 1 N–H and O–H groups in total. The Morgan fingerprint density at radius 1 is 1.13 bits per heavy atom. The molecule has 0 atom stereocenters. The lowest BCUT2D eigenvalue weighted by molar-refractivity contribution is 0.0358. The lowest BCUT2D eigenvalue weighted by Crippen LogP contribution is -2.37. The highest BCUT2D eigenvalue weighted by molar-refractivity contribution is 6.30. The molecule has 30 heavy (non-hydrogen) atoms. The monoisotopic (exact) mass is 452 g/mol. The topological polar surface area (TPSA) is 59.5 Å². The quantitative estimate of drug-likeness (QED) is 0.524. The van der Waals surface area contributed by atoms with Crippen LogP contribution in [0.5, 0.6) is 5.75 Å². The van der Waals surface area contributed by atoms with Crippen molar-refractivity contribution in [1.82, 2.24) is 14.9 Å². The second kappa shape index (κ2) is 10.7. The van der Waals surface area contributed by atoms with Crippen LogP contribution in [0.4, 0.5) is 15.9 Å². The third kappa shape index (κ3) is 5.70. The molecule has 1 saturated heterocycles. The molecule has 1 aromatic heterocycles. The van der Waals surface area contributed by atoms with Crippen LogP contribution in [-0.4, -0.2) is 54.3 Å². The maximum absolute atomic E-state index is 14.1. The molecule has 0 spiro atoms. The van der Waals surface area contributed by atoms with Crippen LogP contribution < -0.4 is 10.1 Å². The molecular weight excluding hydrogens is 430 g/mol. The zero-order chi connectivity index (χ0) is 20.1. The average molecular weight is 453 g/mol. The Hall–Kier alpha value is -2.19. The molecule has 160 valence electrons. The van der Waals surface area contributed by atoms with Gasteiger partial charge in [-0.1, -0.05) is 11.6 Å². The second-order valence-electron chi connectivity index (χ2n) is 6.81. The molecule has 3 aromatic rings. The first kappa shape index (κ1) is 22.5. The summed E-state index contributed by atoms with van der Waals surface area (Å²) in [6.45, 7) is 5.21. The van der Waals surface area contributed by atoms with Gasteiger partial charge in [-0.25, -0.2) is 14.4 Å². The van der Waals surface area contributed by atoms with E-state index in [0.29, 0.717) is 23.1 Å². The molecule has 0 unspecified atom stereocenters. The molecule has 9 heteroatoms. The van der Waals surface area contributed by atoms with E-state index in [4.69, 9.17) is 21.1 Å². The van der Waals surface area contributed by atoms with Crippen LogP contribution >= 0.6 is 24.0 Å². The van der Waals surface area contributed by atoms with Crippen molar-refractivity contribution in [2.45, 2.75) is 6.42 Å². The standard InChI is InChI=1S/C21H22ClFN4O2.ClH/c22-15-2-5-19(18(23)12-15)26-21-17-4-3-16(13-20(17)24-14-25-21)29-9-1-6-27-7-10-28-11-8-27;/h2-5,12-14H,1,6-11H2,(H,24,25,26);1H. The summed E-state index contributed by atoms with van der Waals surface area (Å²) in [7, 11) is 0. The second-order valence-corrected chi connectivity index (χ2v) is 7.24. The molecule has 0 amide bonds. The Morgan fingerprint density at radius 3 is 2.77 bits per heavy atom. The van der Waals surface area contributed by atoms with Gasteiger partial charge in [0.05, 0.1) is 31.0 Å². The zero-order valence-corrected chi connectivity index (χ0v) is 17.9. The number of rotatable bonds is 7. The van der Waals surface area contributed by atoms with Crippen molar-refractivity contribution in [3.63, 3.8) is 0 Å². The Labute approximate surface area is 185 Å². The van der Waals surface area contributed by atoms with Crippen molar-refractivity contribution in [1.29, 1.82) is 0 Å². The van der Waals surface area contributed by atoms with Gasteiger partial charge in [0.2, 0.25) is 0 Å². The third-order valence-electron chi connectivity index (χ3n) is 4.78. The average Bonchev–Trinajstić information content (AvgIpc) is 2.74. The molecular formula is C21H23Cl2FN4O2. The highest BCUT2D eigenvalue weighted by Crippen LogP contribution is 2.28. The molecule has 0 radical (unpaired) electrons. The summed E-state index contributed by atoms with van der Waals surface area (Å²) in [5, 5.41) is 4.13. The van der Waals surface area contributed by atoms with Crippen LogP contribution in [0.2, 0.25) is 5.02 Å². The van der Waals surface area contributed by atoms with E-state index in [2.05, 4.69) is 20.2 Å². The Balaban J connectivity index is 0.00000256. The Bertz CT molecular complexity index is 986. The van der Waals surface area contributed by atoms with Crippen molar-refractivity contribution in [2.75, 3.05) is 44.8 Å². The van der Waals surface area contributed by atoms with E-state index in [1.54, 1.807) is 12.1 Å². The molecule has 0 saturated carbocycles. The minimum absolute atomic E-state index is 0. The summed E-state index contributed by atoms with van der Waals surface area (Å²) in [4.78, 5) is 10.9. The SMILES string of the molecule is Cl.Fc1cc(Cl)ccc1Nc1ncnc2cc(OCCCN3CCOCC3)ccc12. The van der Waals surface area contributed by atoms with Crippen molar-refractivity contribution < 1.29 is 13.9 Å². The highest BCUT2D eigenvalue weighted by atomic mass is 35.5. The largest absolute Gasteiger partial charge is 0.493 e. The van der Waals surface area contributed by atoms with Gasteiger partial charge < -0.3 is 14.8 Å². The lowest BCUT2D eigenvalue weighted by atomic mass is 10.2. The summed E-state index contributed by atoms with van der Waals surface area (Å²) in [6.07, 6.45) is 2.39. The number of anilines is 2. The number of benzene rings is 2. The number of nitrogens with one attached hydrogen (secondary N) is 1. The van der Waals surface area contributed by atoms with Crippen LogP contribution in [0.3, 0.4) is 0 Å². The number of aromatic nitrogens is 2. The number of ether oxygens (including phenoxy) is 2. The molecule has 0 bridgehead atoms. The lowest BCUT2D eigenvalue weighted by Gasteiger charge is -2.26. The van der Waals surface area contributed by atoms with Crippen LogP contribution in [0.1, 0.15) is 6.42 Å². The van der Waals surface area contributed by atoms with E-state index in [0.717, 1.165) is 55.9 Å². The van der Waals surface area contributed by atoms with Crippen molar-refractivity contribution in [2.24, 2.45) is 0 Å². The van der Waals surface area contributed by atoms with E-state index >= 15 is 0 Å².